The number of aromatic nitrogens is 3. The summed E-state index contributed by atoms with van der Waals surface area (Å²) in [6.07, 6.45) is 9.59. The summed E-state index contributed by atoms with van der Waals surface area (Å²) in [5, 5.41) is 3.95. The van der Waals surface area contributed by atoms with Crippen molar-refractivity contribution in [2.45, 2.75) is 63.6 Å². The zero-order valence-electron chi connectivity index (χ0n) is 20.5. The summed E-state index contributed by atoms with van der Waals surface area (Å²) in [5.41, 5.74) is 11.8. The van der Waals surface area contributed by atoms with Crippen molar-refractivity contribution in [3.05, 3.63) is 72.2 Å². The molecule has 0 saturated heterocycles. The number of benzene rings is 2. The average molecular weight is 482 g/mol. The quantitative estimate of drug-likeness (QED) is 0.409. The summed E-state index contributed by atoms with van der Waals surface area (Å²) in [5.74, 6) is 1.46. The maximum absolute atomic E-state index is 11.5. The highest BCUT2D eigenvalue weighted by atomic mass is 16.5. The van der Waals surface area contributed by atoms with Crippen LogP contribution < -0.4 is 15.8 Å². The van der Waals surface area contributed by atoms with Crippen LogP contribution in [0, 0.1) is 0 Å². The lowest BCUT2D eigenvalue weighted by atomic mass is 9.91. The van der Waals surface area contributed by atoms with Crippen LogP contribution in [0.5, 0.6) is 5.75 Å². The number of hydrogen-bond acceptors (Lipinski definition) is 5. The minimum absolute atomic E-state index is 0.0387. The van der Waals surface area contributed by atoms with Crippen LogP contribution in [0.25, 0.3) is 22.2 Å². The second-order valence-electron chi connectivity index (χ2n) is 9.99. The zero-order chi connectivity index (χ0) is 24.6. The average Bonchev–Trinajstić information content (AvgIpc) is 3.30. The number of ether oxygens (including phenoxy) is 1. The summed E-state index contributed by atoms with van der Waals surface area (Å²) in [6, 6.07) is 17.4. The first-order chi connectivity index (χ1) is 17.6. The van der Waals surface area contributed by atoms with E-state index in [2.05, 4.69) is 68.5 Å². The fourth-order valence-corrected chi connectivity index (χ4v) is 5.83. The predicted octanol–water partition coefficient (Wildman–Crippen LogP) is 5.37. The van der Waals surface area contributed by atoms with Crippen molar-refractivity contribution in [1.29, 1.82) is 0 Å². The minimum atomic E-state index is 0.0387. The Hall–Kier alpha value is -3.87. The molecule has 1 saturated carbocycles. The van der Waals surface area contributed by atoms with Gasteiger partial charge in [-0.15, -0.1) is 0 Å². The number of hydrogen-bond donors (Lipinski definition) is 2. The van der Waals surface area contributed by atoms with Gasteiger partial charge >= 0.3 is 0 Å². The molecule has 7 nitrogen and oxygen atoms in total. The van der Waals surface area contributed by atoms with Crippen molar-refractivity contribution in [3.63, 3.8) is 0 Å². The third-order valence-electron chi connectivity index (χ3n) is 7.63. The molecular weight excluding hydrogens is 450 g/mol. The Kier molecular flexibility index (Phi) is 5.83. The van der Waals surface area contributed by atoms with Crippen molar-refractivity contribution in [2.24, 2.45) is 0 Å². The monoisotopic (exact) mass is 481 g/mol. The van der Waals surface area contributed by atoms with E-state index in [0.717, 1.165) is 66.4 Å². The van der Waals surface area contributed by atoms with E-state index in [1.807, 2.05) is 6.07 Å². The van der Waals surface area contributed by atoms with Crippen LogP contribution >= 0.6 is 0 Å². The normalized spacial score (nSPS) is 21.5. The number of aryl methyl sites for hydroxylation is 1. The van der Waals surface area contributed by atoms with E-state index < -0.39 is 0 Å². The molecule has 4 aromatic rings. The summed E-state index contributed by atoms with van der Waals surface area (Å²) in [6.45, 7) is 1.59. The van der Waals surface area contributed by atoms with Gasteiger partial charge in [-0.25, -0.2) is 9.97 Å². The van der Waals surface area contributed by atoms with E-state index in [1.165, 1.54) is 11.1 Å². The van der Waals surface area contributed by atoms with E-state index in [9.17, 15) is 4.79 Å². The summed E-state index contributed by atoms with van der Waals surface area (Å²) in [7, 11) is 0. The maximum Gasteiger partial charge on any atom is 0.217 e. The van der Waals surface area contributed by atoms with E-state index in [0.29, 0.717) is 11.9 Å². The van der Waals surface area contributed by atoms with Crippen molar-refractivity contribution in [2.75, 3.05) is 5.73 Å². The first-order valence-corrected chi connectivity index (χ1v) is 12.8. The van der Waals surface area contributed by atoms with Crippen molar-refractivity contribution in [3.8, 4) is 16.9 Å². The van der Waals surface area contributed by atoms with Crippen LogP contribution in [-0.4, -0.2) is 26.5 Å². The molecule has 2 aromatic heterocycles. The van der Waals surface area contributed by atoms with Crippen LogP contribution in [0.1, 0.15) is 62.3 Å². The number of rotatable bonds is 4. The molecule has 1 aliphatic heterocycles. The number of carbonyl (C=O) groups excluding carboxylic acids is 1. The Balaban J connectivity index is 1.34. The van der Waals surface area contributed by atoms with E-state index in [4.69, 9.17) is 10.5 Å². The van der Waals surface area contributed by atoms with Gasteiger partial charge in [0.25, 0.3) is 0 Å². The molecule has 1 fully saturated rings. The molecule has 1 amide bonds. The molecule has 36 heavy (non-hydrogen) atoms. The topological polar surface area (TPSA) is 95.1 Å². The lowest BCUT2D eigenvalue weighted by molar-refractivity contribution is -0.119. The first-order valence-electron chi connectivity index (χ1n) is 12.8. The molecule has 0 bridgehead atoms. The molecule has 2 aliphatic rings. The molecule has 6 rings (SSSR count). The van der Waals surface area contributed by atoms with Gasteiger partial charge in [0.2, 0.25) is 5.91 Å². The van der Waals surface area contributed by atoms with E-state index in [-0.39, 0.29) is 18.1 Å². The number of nitrogens with zero attached hydrogens (tertiary/aromatic N) is 3. The number of fused-ring (bicyclic) bond motifs is 2. The van der Waals surface area contributed by atoms with Crippen LogP contribution in [0.4, 0.5) is 5.82 Å². The molecule has 1 unspecified atom stereocenters. The van der Waals surface area contributed by atoms with Gasteiger partial charge in [0, 0.05) is 30.8 Å². The van der Waals surface area contributed by atoms with Gasteiger partial charge in [0.05, 0.1) is 5.39 Å². The molecule has 0 spiro atoms. The molecule has 3 N–H and O–H groups in total. The number of amides is 1. The summed E-state index contributed by atoms with van der Waals surface area (Å²) in [4.78, 5) is 20.4. The van der Waals surface area contributed by atoms with Crippen molar-refractivity contribution in [1.82, 2.24) is 19.9 Å². The number of nitrogens with two attached hydrogens (primary N) is 1. The third-order valence-corrected chi connectivity index (χ3v) is 7.63. The Morgan fingerprint density at radius 1 is 1.06 bits per heavy atom. The fourth-order valence-electron chi connectivity index (χ4n) is 5.83. The SMILES string of the molecule is CC(=O)N[C@H]1CC[C@@H](n2cc(-c3ccc4c(c3)OC(c3ccccc3)CC4)c3c(N)ncnc32)CC1. The third kappa shape index (κ3) is 4.19. The Morgan fingerprint density at radius 2 is 1.86 bits per heavy atom. The number of nitrogens with one attached hydrogen (secondary N) is 1. The second-order valence-corrected chi connectivity index (χ2v) is 9.99. The summed E-state index contributed by atoms with van der Waals surface area (Å²) < 4.78 is 8.75. The zero-order valence-corrected chi connectivity index (χ0v) is 20.5. The second kappa shape index (κ2) is 9.30. The van der Waals surface area contributed by atoms with Crippen LogP contribution in [-0.2, 0) is 11.2 Å². The van der Waals surface area contributed by atoms with E-state index >= 15 is 0 Å². The van der Waals surface area contributed by atoms with E-state index in [1.54, 1.807) is 13.3 Å². The number of nitrogen functional groups attached to an aromatic ring is 1. The molecule has 1 atom stereocenters. The predicted molar refractivity (Wildman–Crippen MR) is 141 cm³/mol. The number of carbonyl (C=O) groups is 1. The molecule has 0 radical (unpaired) electrons. The van der Waals surface area contributed by atoms with Crippen LogP contribution in [0.3, 0.4) is 0 Å². The molecule has 184 valence electrons. The molecule has 7 heteroatoms. The Bertz CT molecular complexity index is 1410. The molecule has 3 heterocycles. The van der Waals surface area contributed by atoms with Crippen molar-refractivity contribution >= 4 is 22.8 Å². The largest absolute Gasteiger partial charge is 0.485 e. The smallest absolute Gasteiger partial charge is 0.217 e. The Morgan fingerprint density at radius 3 is 2.64 bits per heavy atom. The molecular formula is C29H31N5O2. The van der Waals surface area contributed by atoms with Gasteiger partial charge in [0.1, 0.15) is 29.6 Å². The highest BCUT2D eigenvalue weighted by Crippen LogP contribution is 2.41. The van der Waals surface area contributed by atoms with Gasteiger partial charge in [-0.1, -0.05) is 42.5 Å². The van der Waals surface area contributed by atoms with Gasteiger partial charge in [-0.3, -0.25) is 4.79 Å². The lowest BCUT2D eigenvalue weighted by Gasteiger charge is -2.30. The summed E-state index contributed by atoms with van der Waals surface area (Å²) >= 11 is 0. The van der Waals surface area contributed by atoms with Gasteiger partial charge in [0.15, 0.2) is 0 Å². The highest BCUT2D eigenvalue weighted by molar-refractivity contribution is 6.00. The maximum atomic E-state index is 11.5. The van der Waals surface area contributed by atoms with Gasteiger partial charge in [-0.2, -0.15) is 0 Å². The first kappa shape index (κ1) is 22.6. The Labute approximate surface area is 210 Å². The molecule has 1 aliphatic carbocycles. The minimum Gasteiger partial charge on any atom is -0.485 e. The highest BCUT2D eigenvalue weighted by Gasteiger charge is 2.27. The molecule has 2 aromatic carbocycles. The van der Waals surface area contributed by atoms with Gasteiger partial charge < -0.3 is 20.4 Å². The van der Waals surface area contributed by atoms with Gasteiger partial charge in [-0.05, 0) is 61.3 Å². The standard InChI is InChI=1S/C29H31N5O2/c1-18(35)33-22-10-12-23(13-11-22)34-16-24(27-28(30)31-17-32-29(27)34)21-8-7-20-9-14-25(36-26(20)15-21)19-5-3-2-4-6-19/h2-8,15-17,22-23,25H,9-14H2,1H3,(H,33,35)(H2,30,31,32)/t22-,23+,25?. The fraction of sp³-hybridized carbons (Fsp3) is 0.345. The lowest BCUT2D eigenvalue weighted by Crippen LogP contribution is -2.36. The van der Waals surface area contributed by atoms with Crippen molar-refractivity contribution < 1.29 is 9.53 Å². The van der Waals surface area contributed by atoms with Crippen LogP contribution in [0.2, 0.25) is 0 Å². The number of anilines is 1. The van der Waals surface area contributed by atoms with Crippen LogP contribution in [0.15, 0.2) is 61.1 Å².